The van der Waals surface area contributed by atoms with Crippen molar-refractivity contribution in [2.45, 2.75) is 6.42 Å². The summed E-state index contributed by atoms with van der Waals surface area (Å²) < 4.78 is 0. The van der Waals surface area contributed by atoms with E-state index in [4.69, 9.17) is 5.21 Å². The van der Waals surface area contributed by atoms with Crippen LogP contribution in [-0.2, 0) is 0 Å². The zero-order valence-corrected chi connectivity index (χ0v) is 5.24. The number of nitrogens with one attached hydrogen (secondary N) is 1. The fourth-order valence-electron chi connectivity index (χ4n) is 0.639. The summed E-state index contributed by atoms with van der Waals surface area (Å²) in [5.74, 6) is 0. The number of oxime groups is 1. The molecule has 0 spiro atoms. The lowest BCUT2D eigenvalue weighted by molar-refractivity contribution is 0.318. The smallest absolute Gasteiger partial charge is 0.0720 e. The normalized spacial score (nSPS) is 23.2. The highest BCUT2D eigenvalue weighted by molar-refractivity contribution is 5.87. The molecule has 3 nitrogen and oxygen atoms in total. The SMILES string of the molecule is Cl.ON=C1CCNC1. The summed E-state index contributed by atoms with van der Waals surface area (Å²) in [6.07, 6.45) is 0.899. The summed E-state index contributed by atoms with van der Waals surface area (Å²) in [6, 6.07) is 0. The molecule has 0 saturated carbocycles. The van der Waals surface area contributed by atoms with Crippen LogP contribution in [0.15, 0.2) is 5.16 Å². The quantitative estimate of drug-likeness (QED) is 0.370. The van der Waals surface area contributed by atoms with E-state index in [0.29, 0.717) is 0 Å². The molecule has 0 radical (unpaired) electrons. The van der Waals surface area contributed by atoms with Crippen molar-refractivity contribution in [3.8, 4) is 0 Å². The molecule has 1 saturated heterocycles. The van der Waals surface area contributed by atoms with Crippen LogP contribution in [0.2, 0.25) is 0 Å². The van der Waals surface area contributed by atoms with Gasteiger partial charge in [-0.25, -0.2) is 0 Å². The number of rotatable bonds is 0. The Kier molecular flexibility index (Phi) is 3.56. The second-order valence-electron chi connectivity index (χ2n) is 1.59. The van der Waals surface area contributed by atoms with Gasteiger partial charge in [0.25, 0.3) is 0 Å². The van der Waals surface area contributed by atoms with E-state index >= 15 is 0 Å². The predicted molar refractivity (Wildman–Crippen MR) is 34.0 cm³/mol. The molecular formula is C4H9ClN2O. The summed E-state index contributed by atoms with van der Waals surface area (Å²) in [6.45, 7) is 1.72. The van der Waals surface area contributed by atoms with E-state index in [-0.39, 0.29) is 12.4 Å². The molecule has 0 bridgehead atoms. The summed E-state index contributed by atoms with van der Waals surface area (Å²) in [4.78, 5) is 0. The summed E-state index contributed by atoms with van der Waals surface area (Å²) in [7, 11) is 0. The maximum atomic E-state index is 8.11. The number of hydrogen-bond acceptors (Lipinski definition) is 3. The maximum Gasteiger partial charge on any atom is 0.0720 e. The van der Waals surface area contributed by atoms with E-state index < -0.39 is 0 Å². The van der Waals surface area contributed by atoms with Crippen LogP contribution in [0, 0.1) is 0 Å². The topological polar surface area (TPSA) is 44.6 Å². The van der Waals surface area contributed by atoms with Gasteiger partial charge < -0.3 is 10.5 Å². The molecule has 0 aromatic carbocycles. The Morgan fingerprint density at radius 1 is 1.62 bits per heavy atom. The highest BCUT2D eigenvalue weighted by atomic mass is 35.5. The van der Waals surface area contributed by atoms with Crippen LogP contribution in [0.3, 0.4) is 0 Å². The van der Waals surface area contributed by atoms with Gasteiger partial charge in [-0.3, -0.25) is 0 Å². The molecule has 1 aliphatic heterocycles. The van der Waals surface area contributed by atoms with Gasteiger partial charge in [-0.15, -0.1) is 12.4 Å². The molecule has 0 aromatic rings. The van der Waals surface area contributed by atoms with Crippen molar-refractivity contribution in [1.82, 2.24) is 5.32 Å². The van der Waals surface area contributed by atoms with Gasteiger partial charge in [-0.05, 0) is 0 Å². The third-order valence-electron chi connectivity index (χ3n) is 1.06. The van der Waals surface area contributed by atoms with Crippen molar-refractivity contribution in [2.24, 2.45) is 5.16 Å². The van der Waals surface area contributed by atoms with Crippen molar-refractivity contribution in [3.05, 3.63) is 0 Å². The van der Waals surface area contributed by atoms with Crippen molar-refractivity contribution in [2.75, 3.05) is 13.1 Å². The molecule has 0 aromatic heterocycles. The molecule has 0 atom stereocenters. The standard InChI is InChI=1S/C4H8N2O.ClH/c7-6-4-1-2-5-3-4;/h5,7H,1-3H2;1H. The second kappa shape index (κ2) is 3.69. The van der Waals surface area contributed by atoms with Crippen LogP contribution in [0.25, 0.3) is 0 Å². The predicted octanol–water partition coefficient (Wildman–Crippen LogP) is 0.232. The minimum Gasteiger partial charge on any atom is -0.411 e. The van der Waals surface area contributed by atoms with Gasteiger partial charge in [0.05, 0.1) is 5.71 Å². The Labute approximate surface area is 54.2 Å². The molecule has 2 N–H and O–H groups in total. The first-order valence-corrected chi connectivity index (χ1v) is 2.34. The average molecular weight is 137 g/mol. The van der Waals surface area contributed by atoms with E-state index in [2.05, 4.69) is 10.5 Å². The Bertz CT molecular complexity index is 86.0. The lowest BCUT2D eigenvalue weighted by Crippen LogP contribution is -2.07. The zero-order chi connectivity index (χ0) is 5.11. The molecule has 1 aliphatic rings. The van der Waals surface area contributed by atoms with Gasteiger partial charge in [0.1, 0.15) is 0 Å². The fraction of sp³-hybridized carbons (Fsp3) is 0.750. The largest absolute Gasteiger partial charge is 0.411 e. The molecular weight excluding hydrogens is 128 g/mol. The van der Waals surface area contributed by atoms with Crippen LogP contribution in [0.1, 0.15) is 6.42 Å². The van der Waals surface area contributed by atoms with Crippen LogP contribution < -0.4 is 5.32 Å². The van der Waals surface area contributed by atoms with Gasteiger partial charge in [-0.2, -0.15) is 0 Å². The Morgan fingerprint density at radius 2 is 2.38 bits per heavy atom. The highest BCUT2D eigenvalue weighted by Crippen LogP contribution is 1.89. The fourth-order valence-corrected chi connectivity index (χ4v) is 0.639. The number of hydrogen-bond donors (Lipinski definition) is 2. The minimum atomic E-state index is 0. The van der Waals surface area contributed by atoms with Crippen molar-refractivity contribution >= 4 is 18.1 Å². The minimum absolute atomic E-state index is 0. The van der Waals surface area contributed by atoms with Gasteiger partial charge in [-0.1, -0.05) is 5.16 Å². The van der Waals surface area contributed by atoms with Crippen molar-refractivity contribution < 1.29 is 5.21 Å². The Balaban J connectivity index is 0.000000490. The van der Waals surface area contributed by atoms with Gasteiger partial charge in [0.2, 0.25) is 0 Å². The molecule has 0 amide bonds. The van der Waals surface area contributed by atoms with Crippen LogP contribution in [-0.4, -0.2) is 24.0 Å². The second-order valence-corrected chi connectivity index (χ2v) is 1.59. The van der Waals surface area contributed by atoms with E-state index in [9.17, 15) is 0 Å². The van der Waals surface area contributed by atoms with Crippen molar-refractivity contribution in [3.63, 3.8) is 0 Å². The lowest BCUT2D eigenvalue weighted by atomic mass is 10.3. The zero-order valence-electron chi connectivity index (χ0n) is 4.42. The third kappa shape index (κ3) is 1.68. The first kappa shape index (κ1) is 7.72. The van der Waals surface area contributed by atoms with Crippen LogP contribution in [0.4, 0.5) is 0 Å². The molecule has 0 unspecified atom stereocenters. The van der Waals surface area contributed by atoms with Gasteiger partial charge in [0.15, 0.2) is 0 Å². The molecule has 1 rings (SSSR count). The summed E-state index contributed by atoms with van der Waals surface area (Å²) in [5.41, 5.74) is 0.861. The first-order chi connectivity index (χ1) is 3.43. The molecule has 0 aliphatic carbocycles. The van der Waals surface area contributed by atoms with E-state index in [0.717, 1.165) is 25.2 Å². The highest BCUT2D eigenvalue weighted by Gasteiger charge is 2.05. The molecule has 4 heteroatoms. The van der Waals surface area contributed by atoms with E-state index in [1.165, 1.54) is 0 Å². The van der Waals surface area contributed by atoms with Gasteiger partial charge in [0, 0.05) is 19.5 Å². The maximum absolute atomic E-state index is 8.11. The molecule has 1 fully saturated rings. The molecule has 1 heterocycles. The molecule has 48 valence electrons. The lowest BCUT2D eigenvalue weighted by Gasteiger charge is -1.81. The first-order valence-electron chi connectivity index (χ1n) is 2.34. The third-order valence-corrected chi connectivity index (χ3v) is 1.06. The van der Waals surface area contributed by atoms with E-state index in [1.54, 1.807) is 0 Å². The number of halogens is 1. The Morgan fingerprint density at radius 3 is 2.62 bits per heavy atom. The summed E-state index contributed by atoms with van der Waals surface area (Å²) in [5, 5.41) is 14.2. The Hall–Kier alpha value is -0.280. The van der Waals surface area contributed by atoms with Crippen LogP contribution >= 0.6 is 12.4 Å². The van der Waals surface area contributed by atoms with Gasteiger partial charge >= 0.3 is 0 Å². The van der Waals surface area contributed by atoms with Crippen molar-refractivity contribution in [1.29, 1.82) is 0 Å². The number of nitrogens with zero attached hydrogens (tertiary/aromatic N) is 1. The summed E-state index contributed by atoms with van der Waals surface area (Å²) >= 11 is 0. The van der Waals surface area contributed by atoms with E-state index in [1.807, 2.05) is 0 Å². The monoisotopic (exact) mass is 136 g/mol. The van der Waals surface area contributed by atoms with Crippen LogP contribution in [0.5, 0.6) is 0 Å². The molecule has 8 heavy (non-hydrogen) atoms. The average Bonchev–Trinajstić information content (AvgIpc) is 2.14.